The number of benzene rings is 1. The largest absolute Gasteiger partial charge is 0.478 e. The van der Waals surface area contributed by atoms with Gasteiger partial charge < -0.3 is 19.3 Å². The lowest BCUT2D eigenvalue weighted by atomic mass is 9.99. The van der Waals surface area contributed by atoms with Crippen LogP contribution in [-0.4, -0.2) is 39.4 Å². The minimum absolute atomic E-state index is 0.106. The van der Waals surface area contributed by atoms with Gasteiger partial charge in [-0.3, -0.25) is 0 Å². The number of hydrogen-bond acceptors (Lipinski definition) is 6. The highest BCUT2D eigenvalue weighted by molar-refractivity contribution is 5.87. The molecule has 8 heteroatoms. The number of aromatic nitrogens is 2. The van der Waals surface area contributed by atoms with Crippen LogP contribution in [0.5, 0.6) is 0 Å². The van der Waals surface area contributed by atoms with E-state index in [0.717, 1.165) is 55.7 Å². The summed E-state index contributed by atoms with van der Waals surface area (Å²) < 4.78 is 26.0. The number of pyridine rings is 1. The number of carboxylic acids is 1. The Bertz CT molecular complexity index is 1190. The molecule has 2 saturated heterocycles. The van der Waals surface area contributed by atoms with Gasteiger partial charge in [-0.15, -0.1) is 0 Å². The van der Waals surface area contributed by atoms with Gasteiger partial charge in [0.25, 0.3) is 0 Å². The summed E-state index contributed by atoms with van der Waals surface area (Å²) in [7, 11) is 0. The zero-order chi connectivity index (χ0) is 23.2. The van der Waals surface area contributed by atoms with Crippen LogP contribution >= 0.6 is 0 Å². The van der Waals surface area contributed by atoms with Crippen LogP contribution < -0.4 is 4.90 Å². The van der Waals surface area contributed by atoms with Gasteiger partial charge >= 0.3 is 5.97 Å². The van der Waals surface area contributed by atoms with E-state index < -0.39 is 5.97 Å². The number of rotatable bonds is 7. The second-order valence-corrected chi connectivity index (χ2v) is 9.57. The maximum Gasteiger partial charge on any atom is 0.337 e. The van der Waals surface area contributed by atoms with Crippen LogP contribution in [-0.2, 0) is 11.3 Å². The Morgan fingerprint density at radius 2 is 1.94 bits per heavy atom. The zero-order valence-corrected chi connectivity index (χ0v) is 18.7. The molecule has 0 amide bonds. The number of carbonyl (C=O) groups is 1. The topological polar surface area (TPSA) is 88.7 Å². The van der Waals surface area contributed by atoms with Crippen molar-refractivity contribution in [1.29, 1.82) is 0 Å². The molecule has 7 nitrogen and oxygen atoms in total. The lowest BCUT2D eigenvalue weighted by molar-refractivity contribution is 0.0146. The van der Waals surface area contributed by atoms with Gasteiger partial charge in [0.1, 0.15) is 23.1 Å². The van der Waals surface area contributed by atoms with E-state index in [9.17, 15) is 9.18 Å². The summed E-state index contributed by atoms with van der Waals surface area (Å²) in [6.07, 6.45) is 7.62. The van der Waals surface area contributed by atoms with Crippen molar-refractivity contribution in [2.75, 3.05) is 4.90 Å². The van der Waals surface area contributed by atoms with E-state index in [4.69, 9.17) is 14.4 Å². The molecule has 2 aliphatic heterocycles. The van der Waals surface area contributed by atoms with Gasteiger partial charge in [-0.2, -0.15) is 0 Å². The molecule has 0 spiro atoms. The molecule has 3 aliphatic rings. The van der Waals surface area contributed by atoms with Crippen LogP contribution in [0.2, 0.25) is 0 Å². The molecule has 4 heterocycles. The first-order chi connectivity index (χ1) is 16.6. The van der Waals surface area contributed by atoms with Crippen molar-refractivity contribution in [2.24, 2.45) is 0 Å². The van der Waals surface area contributed by atoms with Gasteiger partial charge in [0.15, 0.2) is 0 Å². The van der Waals surface area contributed by atoms with Crippen molar-refractivity contribution in [2.45, 2.75) is 69.2 Å². The average molecular weight is 464 g/mol. The van der Waals surface area contributed by atoms with Crippen LogP contribution in [0.15, 0.2) is 47.1 Å². The SMILES string of the molecule is O=C(O)c1ccc(N2[C@@H]3CC[C@H]2C[C@H](OCc2c(-c4cccc(F)c4)noc2C2CC2)C3)nc1. The number of halogens is 1. The summed E-state index contributed by atoms with van der Waals surface area (Å²) in [4.78, 5) is 17.9. The summed E-state index contributed by atoms with van der Waals surface area (Å²) >= 11 is 0. The van der Waals surface area contributed by atoms with E-state index >= 15 is 0 Å². The molecule has 176 valence electrons. The highest BCUT2D eigenvalue weighted by Gasteiger charge is 2.42. The third-order valence-electron chi connectivity index (χ3n) is 7.28. The van der Waals surface area contributed by atoms with Gasteiger partial charge in [0, 0.05) is 35.3 Å². The van der Waals surface area contributed by atoms with E-state index in [1.54, 1.807) is 18.2 Å². The fourth-order valence-corrected chi connectivity index (χ4v) is 5.49. The number of hydrogen-bond donors (Lipinski definition) is 1. The Morgan fingerprint density at radius 1 is 1.15 bits per heavy atom. The lowest BCUT2D eigenvalue weighted by Gasteiger charge is -2.39. The Morgan fingerprint density at radius 3 is 2.59 bits per heavy atom. The standard InChI is InChI=1S/C26H26FN3O4/c27-18-3-1-2-16(10-18)24-22(25(34-29-24)15-4-5-15)14-33-21-11-19-7-8-20(12-21)30(19)23-9-6-17(13-28-23)26(31)32/h1-3,6,9-10,13,15,19-21H,4-5,7-8,11-12,14H2,(H,31,32)/t19-,20+,21-. The van der Waals surface area contributed by atoms with Crippen molar-refractivity contribution >= 4 is 11.8 Å². The van der Waals surface area contributed by atoms with Crippen LogP contribution in [0.25, 0.3) is 11.3 Å². The molecule has 1 N–H and O–H groups in total. The smallest absolute Gasteiger partial charge is 0.337 e. The maximum absolute atomic E-state index is 13.8. The van der Waals surface area contributed by atoms with Crippen molar-refractivity contribution in [3.05, 3.63) is 65.3 Å². The summed E-state index contributed by atoms with van der Waals surface area (Å²) in [6.45, 7) is 0.400. The second kappa shape index (κ2) is 8.51. The summed E-state index contributed by atoms with van der Waals surface area (Å²) in [5, 5.41) is 13.4. The monoisotopic (exact) mass is 463 g/mol. The average Bonchev–Trinajstić information content (AvgIpc) is 3.54. The van der Waals surface area contributed by atoms with Crippen molar-refractivity contribution in [3.63, 3.8) is 0 Å². The Hall–Kier alpha value is -3.26. The van der Waals surface area contributed by atoms with Gasteiger partial charge in [-0.25, -0.2) is 14.2 Å². The predicted molar refractivity (Wildman–Crippen MR) is 122 cm³/mol. The van der Waals surface area contributed by atoms with E-state index in [1.165, 1.54) is 18.3 Å². The van der Waals surface area contributed by atoms with Gasteiger partial charge in [0.2, 0.25) is 0 Å². The highest BCUT2D eigenvalue weighted by Crippen LogP contribution is 2.45. The van der Waals surface area contributed by atoms with Gasteiger partial charge in [-0.05, 0) is 62.8 Å². The zero-order valence-electron chi connectivity index (χ0n) is 18.7. The number of fused-ring (bicyclic) bond motifs is 2. The fraction of sp³-hybridized carbons (Fsp3) is 0.423. The maximum atomic E-state index is 13.8. The van der Waals surface area contributed by atoms with E-state index in [-0.39, 0.29) is 17.5 Å². The van der Waals surface area contributed by atoms with Crippen LogP contribution in [0.3, 0.4) is 0 Å². The third-order valence-corrected chi connectivity index (χ3v) is 7.28. The summed E-state index contributed by atoms with van der Waals surface area (Å²) in [6, 6.07) is 10.5. The Balaban J connectivity index is 1.17. The lowest BCUT2D eigenvalue weighted by Crippen LogP contribution is -2.46. The molecule has 6 rings (SSSR count). The molecule has 1 saturated carbocycles. The molecule has 1 aromatic carbocycles. The second-order valence-electron chi connectivity index (χ2n) is 9.57. The number of piperidine rings is 1. The summed E-state index contributed by atoms with van der Waals surface area (Å²) in [5.41, 5.74) is 2.52. The molecule has 0 radical (unpaired) electrons. The highest BCUT2D eigenvalue weighted by atomic mass is 19.1. The predicted octanol–water partition coefficient (Wildman–Crippen LogP) is 5.17. The van der Waals surface area contributed by atoms with E-state index in [2.05, 4.69) is 15.0 Å². The molecule has 3 atom stereocenters. The number of nitrogens with zero attached hydrogens (tertiary/aromatic N) is 3. The quantitative estimate of drug-likeness (QED) is 0.517. The van der Waals surface area contributed by atoms with Crippen molar-refractivity contribution in [3.8, 4) is 11.3 Å². The number of ether oxygens (including phenoxy) is 1. The molecule has 2 aromatic heterocycles. The van der Waals surface area contributed by atoms with Crippen molar-refractivity contribution < 1.29 is 23.6 Å². The number of aromatic carboxylic acids is 1. The van der Waals surface area contributed by atoms with Crippen LogP contribution in [0.1, 0.15) is 66.1 Å². The van der Waals surface area contributed by atoms with Crippen LogP contribution in [0, 0.1) is 5.82 Å². The Kier molecular flexibility index (Phi) is 5.32. The Labute approximate surface area is 196 Å². The normalized spacial score (nSPS) is 23.9. The molecular weight excluding hydrogens is 437 g/mol. The first-order valence-electron chi connectivity index (χ1n) is 11.9. The minimum atomic E-state index is -0.967. The van der Waals surface area contributed by atoms with Gasteiger partial charge in [0.05, 0.1) is 18.3 Å². The summed E-state index contributed by atoms with van der Waals surface area (Å²) in [5.74, 6) is 0.827. The molecule has 1 aliphatic carbocycles. The number of carboxylic acid groups (broad SMARTS) is 1. The molecule has 3 aromatic rings. The number of anilines is 1. The van der Waals surface area contributed by atoms with Crippen LogP contribution in [0.4, 0.5) is 10.2 Å². The van der Waals surface area contributed by atoms with E-state index in [1.807, 2.05) is 6.07 Å². The third kappa shape index (κ3) is 3.96. The van der Waals surface area contributed by atoms with Crippen molar-refractivity contribution in [1.82, 2.24) is 10.1 Å². The van der Waals surface area contributed by atoms with Gasteiger partial charge in [-0.1, -0.05) is 17.3 Å². The van der Waals surface area contributed by atoms with E-state index in [0.29, 0.717) is 35.9 Å². The first kappa shape index (κ1) is 21.3. The molecule has 2 bridgehead atoms. The molecular formula is C26H26FN3O4. The minimum Gasteiger partial charge on any atom is -0.478 e. The molecule has 34 heavy (non-hydrogen) atoms. The molecule has 3 fully saturated rings. The molecule has 0 unspecified atom stereocenters. The fourth-order valence-electron chi connectivity index (χ4n) is 5.49. The first-order valence-corrected chi connectivity index (χ1v) is 11.9.